The summed E-state index contributed by atoms with van der Waals surface area (Å²) in [7, 11) is 0. The smallest absolute Gasteiger partial charge is 0.00671 e. The number of rotatable bonds is 6. The second-order valence-electron chi connectivity index (χ2n) is 5.93. The maximum Gasteiger partial charge on any atom is -0.00671 e. The van der Waals surface area contributed by atoms with Gasteiger partial charge >= 0.3 is 0 Å². The molecule has 3 aromatic carbocycles. The van der Waals surface area contributed by atoms with Gasteiger partial charge in [0.15, 0.2) is 0 Å². The van der Waals surface area contributed by atoms with Crippen molar-refractivity contribution in [3.05, 3.63) is 84.4 Å². The van der Waals surface area contributed by atoms with Gasteiger partial charge in [0.2, 0.25) is 0 Å². The average Bonchev–Trinajstić information content (AvgIpc) is 2.63. The Hall–Kier alpha value is -2.34. The van der Waals surface area contributed by atoms with Crippen LogP contribution >= 0.6 is 0 Å². The van der Waals surface area contributed by atoms with E-state index in [1.165, 1.54) is 47.1 Å². The third-order valence-corrected chi connectivity index (χ3v) is 4.26. The Labute approximate surface area is 139 Å². The molecule has 0 saturated heterocycles. The molecule has 0 heteroatoms. The lowest BCUT2D eigenvalue weighted by atomic mass is 9.88. The third kappa shape index (κ3) is 3.71. The Morgan fingerprint density at radius 3 is 2.04 bits per heavy atom. The molecule has 0 bridgehead atoms. The Morgan fingerprint density at radius 2 is 1.39 bits per heavy atom. The van der Waals surface area contributed by atoms with Crippen LogP contribution in [-0.2, 0) is 6.42 Å². The Morgan fingerprint density at radius 1 is 0.739 bits per heavy atom. The van der Waals surface area contributed by atoms with E-state index in [2.05, 4.69) is 85.8 Å². The van der Waals surface area contributed by atoms with E-state index < -0.39 is 0 Å². The highest BCUT2D eigenvalue weighted by Crippen LogP contribution is 2.35. The van der Waals surface area contributed by atoms with E-state index in [4.69, 9.17) is 0 Å². The van der Waals surface area contributed by atoms with E-state index in [-0.39, 0.29) is 0 Å². The lowest BCUT2D eigenvalue weighted by molar-refractivity contribution is 0.718. The van der Waals surface area contributed by atoms with E-state index in [9.17, 15) is 0 Å². The quantitative estimate of drug-likeness (QED) is 0.452. The van der Waals surface area contributed by atoms with Gasteiger partial charge in [0.1, 0.15) is 0 Å². The number of aryl methyl sites for hydroxylation is 1. The first-order valence-corrected chi connectivity index (χ1v) is 8.54. The maximum atomic E-state index is 3.50. The van der Waals surface area contributed by atoms with Gasteiger partial charge in [0, 0.05) is 0 Å². The molecule has 0 aliphatic heterocycles. The molecular weight excluding hydrogens is 276 g/mol. The van der Waals surface area contributed by atoms with Crippen LogP contribution in [-0.4, -0.2) is 0 Å². The van der Waals surface area contributed by atoms with Crippen LogP contribution in [0.25, 0.3) is 22.3 Å². The van der Waals surface area contributed by atoms with Crippen LogP contribution in [0.4, 0.5) is 0 Å². The minimum absolute atomic E-state index is 1.10. The number of unbranched alkanes of at least 4 members (excludes halogenated alkanes) is 2. The molecule has 0 aliphatic carbocycles. The summed E-state index contributed by atoms with van der Waals surface area (Å²) in [5, 5.41) is 0. The van der Waals surface area contributed by atoms with E-state index >= 15 is 0 Å². The minimum atomic E-state index is 1.10. The van der Waals surface area contributed by atoms with Crippen molar-refractivity contribution in [3.63, 3.8) is 0 Å². The molecule has 0 spiro atoms. The largest absolute Gasteiger partial charge is 0.0654 e. The van der Waals surface area contributed by atoms with Gasteiger partial charge in [0.05, 0.1) is 0 Å². The van der Waals surface area contributed by atoms with Crippen molar-refractivity contribution in [2.45, 2.75) is 32.6 Å². The molecule has 0 fully saturated rings. The molecule has 3 aromatic rings. The highest BCUT2D eigenvalue weighted by molar-refractivity contribution is 5.85. The van der Waals surface area contributed by atoms with Crippen LogP contribution in [0.1, 0.15) is 31.7 Å². The van der Waals surface area contributed by atoms with Gasteiger partial charge < -0.3 is 0 Å². The summed E-state index contributed by atoms with van der Waals surface area (Å²) >= 11 is 0. The monoisotopic (exact) mass is 299 g/mol. The van der Waals surface area contributed by atoms with Gasteiger partial charge in [-0.05, 0) is 46.7 Å². The van der Waals surface area contributed by atoms with Crippen molar-refractivity contribution in [2.24, 2.45) is 0 Å². The third-order valence-electron chi connectivity index (χ3n) is 4.26. The first-order valence-electron chi connectivity index (χ1n) is 8.54. The van der Waals surface area contributed by atoms with Crippen LogP contribution in [0.5, 0.6) is 0 Å². The number of hydrogen-bond donors (Lipinski definition) is 0. The standard InChI is InChI=1S/C23H23/c1-2-3-6-14-21-17-11-18-22(19-12-7-4-8-13-19)23(21)20-15-9-5-10-16-20/h4-5,7-13,15-16,18H,2-3,6,14H2,1H3. The first-order chi connectivity index (χ1) is 11.4. The van der Waals surface area contributed by atoms with Gasteiger partial charge in [-0.2, -0.15) is 0 Å². The lowest BCUT2D eigenvalue weighted by Crippen LogP contribution is -1.94. The normalized spacial score (nSPS) is 10.7. The van der Waals surface area contributed by atoms with E-state index in [0.29, 0.717) is 0 Å². The predicted octanol–water partition coefficient (Wildman–Crippen LogP) is 6.55. The van der Waals surface area contributed by atoms with E-state index in [1.54, 1.807) is 0 Å². The molecule has 0 amide bonds. The van der Waals surface area contributed by atoms with Crippen LogP contribution in [0.3, 0.4) is 0 Å². The zero-order valence-corrected chi connectivity index (χ0v) is 13.8. The number of hydrogen-bond acceptors (Lipinski definition) is 0. The fourth-order valence-corrected chi connectivity index (χ4v) is 3.09. The van der Waals surface area contributed by atoms with Gasteiger partial charge in [-0.25, -0.2) is 0 Å². The van der Waals surface area contributed by atoms with Crippen LogP contribution in [0.2, 0.25) is 0 Å². The molecule has 3 rings (SSSR count). The van der Waals surface area contributed by atoms with Gasteiger partial charge in [0.25, 0.3) is 0 Å². The molecule has 0 N–H and O–H groups in total. The fraction of sp³-hybridized carbons (Fsp3) is 0.217. The van der Waals surface area contributed by atoms with Crippen molar-refractivity contribution in [1.82, 2.24) is 0 Å². The topological polar surface area (TPSA) is 0 Å². The van der Waals surface area contributed by atoms with Crippen molar-refractivity contribution in [3.8, 4) is 22.3 Å². The molecule has 23 heavy (non-hydrogen) atoms. The molecule has 0 nitrogen and oxygen atoms in total. The van der Waals surface area contributed by atoms with Crippen molar-refractivity contribution >= 4 is 0 Å². The van der Waals surface area contributed by atoms with Crippen LogP contribution in [0.15, 0.2) is 72.8 Å². The minimum Gasteiger partial charge on any atom is -0.0654 e. The molecular formula is C23H23. The second-order valence-corrected chi connectivity index (χ2v) is 5.93. The average molecular weight is 299 g/mol. The number of benzene rings is 3. The summed E-state index contributed by atoms with van der Waals surface area (Å²) in [6.45, 7) is 2.25. The van der Waals surface area contributed by atoms with E-state index in [0.717, 1.165) is 6.42 Å². The maximum absolute atomic E-state index is 3.50. The van der Waals surface area contributed by atoms with Crippen LogP contribution < -0.4 is 0 Å². The Bertz CT molecular complexity index is 727. The molecule has 0 heterocycles. The fourth-order valence-electron chi connectivity index (χ4n) is 3.09. The highest BCUT2D eigenvalue weighted by Gasteiger charge is 2.12. The Balaban J connectivity index is 2.10. The summed E-state index contributed by atoms with van der Waals surface area (Å²) in [5.41, 5.74) is 6.55. The summed E-state index contributed by atoms with van der Waals surface area (Å²) in [6.07, 6.45) is 4.85. The summed E-state index contributed by atoms with van der Waals surface area (Å²) in [4.78, 5) is 0. The van der Waals surface area contributed by atoms with Gasteiger partial charge in [-0.1, -0.05) is 92.6 Å². The molecule has 1 radical (unpaired) electrons. The van der Waals surface area contributed by atoms with Gasteiger partial charge in [-0.3, -0.25) is 0 Å². The van der Waals surface area contributed by atoms with Crippen LogP contribution in [0, 0.1) is 6.07 Å². The molecule has 0 saturated carbocycles. The molecule has 0 unspecified atom stereocenters. The van der Waals surface area contributed by atoms with Gasteiger partial charge in [-0.15, -0.1) is 0 Å². The first kappa shape index (κ1) is 15.6. The SMILES string of the molecule is CCCCCc1[c]ccc(-c2ccccc2)c1-c1ccccc1. The summed E-state index contributed by atoms with van der Waals surface area (Å²) in [6, 6.07) is 29.2. The predicted molar refractivity (Wildman–Crippen MR) is 99.4 cm³/mol. The zero-order chi connectivity index (χ0) is 15.9. The zero-order valence-electron chi connectivity index (χ0n) is 13.8. The molecule has 0 atom stereocenters. The summed E-state index contributed by atoms with van der Waals surface area (Å²) in [5.74, 6) is 0. The molecule has 115 valence electrons. The highest BCUT2D eigenvalue weighted by atomic mass is 14.2. The molecule has 0 aromatic heterocycles. The van der Waals surface area contributed by atoms with Crippen molar-refractivity contribution in [2.75, 3.05) is 0 Å². The van der Waals surface area contributed by atoms with Crippen molar-refractivity contribution in [1.29, 1.82) is 0 Å². The summed E-state index contributed by atoms with van der Waals surface area (Å²) < 4.78 is 0. The lowest BCUT2D eigenvalue weighted by Gasteiger charge is -2.15. The Kier molecular flexibility index (Phi) is 5.26. The second kappa shape index (κ2) is 7.78. The van der Waals surface area contributed by atoms with E-state index in [1.807, 2.05) is 0 Å². The molecule has 0 aliphatic rings. The van der Waals surface area contributed by atoms with Crippen molar-refractivity contribution < 1.29 is 0 Å².